The molecule has 0 radical (unpaired) electrons. The number of nitrogens with zero attached hydrogens (tertiary/aromatic N) is 4. The first-order valence-corrected chi connectivity index (χ1v) is 12.0. The molecule has 1 saturated heterocycles. The standard InChI is InChI=1S/C21H25N5O2S2/c1-3-4-9-21(24-25-21)10-11-22-18(28)16-13-30-20(26(16)2)15-12-29-19(23-15)14-7-5-6-8-17(14)27/h1,5-8,15-16,20,27H,4,9-13H2,2H3,(H,22,28)/t15-,16+,20+/m0/s1. The molecule has 0 bridgehead atoms. The fourth-order valence-corrected chi connectivity index (χ4v) is 6.53. The quantitative estimate of drug-likeness (QED) is 0.603. The summed E-state index contributed by atoms with van der Waals surface area (Å²) >= 11 is 3.43. The predicted molar refractivity (Wildman–Crippen MR) is 122 cm³/mol. The molecular formula is C21H25N5O2S2. The van der Waals surface area contributed by atoms with Gasteiger partial charge in [-0.05, 0) is 19.2 Å². The van der Waals surface area contributed by atoms with Crippen LogP contribution in [0.15, 0.2) is 39.5 Å². The molecule has 7 nitrogen and oxygen atoms in total. The average molecular weight is 444 g/mol. The van der Waals surface area contributed by atoms with Crippen molar-refractivity contribution in [1.29, 1.82) is 0 Å². The van der Waals surface area contributed by atoms with E-state index in [1.807, 2.05) is 25.2 Å². The molecule has 0 aromatic heterocycles. The number of para-hydroxylation sites is 1. The van der Waals surface area contributed by atoms with Gasteiger partial charge < -0.3 is 10.4 Å². The van der Waals surface area contributed by atoms with Gasteiger partial charge in [-0.15, -0.1) is 35.9 Å². The normalized spacial score (nSPS) is 26.9. The molecule has 9 heteroatoms. The second-order valence-electron chi connectivity index (χ2n) is 7.66. The fraction of sp³-hybridized carbons (Fsp3) is 0.524. The maximum atomic E-state index is 12.7. The van der Waals surface area contributed by atoms with E-state index < -0.39 is 0 Å². The van der Waals surface area contributed by atoms with Crippen molar-refractivity contribution in [2.75, 3.05) is 25.1 Å². The van der Waals surface area contributed by atoms with Crippen LogP contribution < -0.4 is 5.32 Å². The zero-order valence-corrected chi connectivity index (χ0v) is 18.5. The molecule has 1 amide bonds. The van der Waals surface area contributed by atoms with Gasteiger partial charge in [0, 0.05) is 42.9 Å². The molecule has 0 unspecified atom stereocenters. The monoisotopic (exact) mass is 443 g/mol. The lowest BCUT2D eigenvalue weighted by molar-refractivity contribution is -0.125. The maximum absolute atomic E-state index is 12.7. The van der Waals surface area contributed by atoms with Crippen molar-refractivity contribution in [2.24, 2.45) is 15.2 Å². The van der Waals surface area contributed by atoms with Crippen molar-refractivity contribution in [1.82, 2.24) is 10.2 Å². The number of hydrogen-bond donors (Lipinski definition) is 2. The molecule has 0 spiro atoms. The summed E-state index contributed by atoms with van der Waals surface area (Å²) in [6.45, 7) is 0.547. The zero-order chi connectivity index (χ0) is 21.1. The Morgan fingerprint density at radius 1 is 1.37 bits per heavy atom. The molecular weight excluding hydrogens is 418 g/mol. The van der Waals surface area contributed by atoms with Gasteiger partial charge in [-0.1, -0.05) is 12.1 Å². The molecule has 4 rings (SSSR count). The summed E-state index contributed by atoms with van der Waals surface area (Å²) in [5.41, 5.74) is 0.410. The van der Waals surface area contributed by atoms with Gasteiger partial charge in [0.05, 0.1) is 17.5 Å². The van der Waals surface area contributed by atoms with Gasteiger partial charge in [-0.3, -0.25) is 14.7 Å². The lowest BCUT2D eigenvalue weighted by Gasteiger charge is -2.26. The molecule has 3 atom stereocenters. The number of nitrogens with one attached hydrogen (secondary N) is 1. The summed E-state index contributed by atoms with van der Waals surface area (Å²) in [4.78, 5) is 19.7. The number of rotatable bonds is 8. The highest BCUT2D eigenvalue weighted by Gasteiger charge is 2.42. The minimum atomic E-state index is -0.367. The number of phenols is 1. The third kappa shape index (κ3) is 4.51. The third-order valence-corrected chi connectivity index (χ3v) is 8.24. The SMILES string of the molecule is C#CCCC1(CCNC(=O)[C@H]2CS[C@H]([C@@H]3CSC(c4ccccc4O)=N3)N2C)N=N1. The number of benzene rings is 1. The number of carbonyl (C=O) groups is 1. The van der Waals surface area contributed by atoms with E-state index in [-0.39, 0.29) is 34.8 Å². The van der Waals surface area contributed by atoms with Crippen molar-refractivity contribution in [3.8, 4) is 18.1 Å². The van der Waals surface area contributed by atoms with Crippen LogP contribution in [0.3, 0.4) is 0 Å². The number of phenolic OH excluding ortho intramolecular Hbond substituents is 1. The molecule has 1 fully saturated rings. The van der Waals surface area contributed by atoms with Crippen molar-refractivity contribution in [2.45, 2.75) is 42.4 Å². The Morgan fingerprint density at radius 3 is 2.90 bits per heavy atom. The van der Waals surface area contributed by atoms with Crippen LogP contribution in [-0.2, 0) is 4.79 Å². The topological polar surface area (TPSA) is 89.6 Å². The van der Waals surface area contributed by atoms with Crippen molar-refractivity contribution < 1.29 is 9.90 Å². The fourth-order valence-electron chi connectivity index (χ4n) is 3.75. The number of terminal acetylenes is 1. The molecule has 0 saturated carbocycles. The van der Waals surface area contributed by atoms with Gasteiger partial charge in [0.25, 0.3) is 0 Å². The van der Waals surface area contributed by atoms with Gasteiger partial charge in [0.1, 0.15) is 10.8 Å². The molecule has 0 aliphatic carbocycles. The Bertz CT molecular complexity index is 907. The van der Waals surface area contributed by atoms with Crippen LogP contribution >= 0.6 is 23.5 Å². The zero-order valence-electron chi connectivity index (χ0n) is 16.8. The highest BCUT2D eigenvalue weighted by molar-refractivity contribution is 8.14. The van der Waals surface area contributed by atoms with Crippen molar-refractivity contribution in [3.63, 3.8) is 0 Å². The highest BCUT2D eigenvalue weighted by Crippen LogP contribution is 2.38. The van der Waals surface area contributed by atoms with E-state index in [2.05, 4.69) is 26.4 Å². The van der Waals surface area contributed by atoms with Crippen LogP contribution in [0.2, 0.25) is 0 Å². The van der Waals surface area contributed by atoms with Crippen LogP contribution in [-0.4, -0.2) is 69.2 Å². The second-order valence-corrected chi connectivity index (χ2v) is 9.82. The van der Waals surface area contributed by atoms with E-state index in [0.29, 0.717) is 19.4 Å². The van der Waals surface area contributed by atoms with E-state index in [1.165, 1.54) is 0 Å². The Balaban J connectivity index is 1.30. The van der Waals surface area contributed by atoms with Crippen LogP contribution in [0.25, 0.3) is 0 Å². The highest BCUT2D eigenvalue weighted by atomic mass is 32.2. The average Bonchev–Trinajstić information content (AvgIpc) is 3.15. The summed E-state index contributed by atoms with van der Waals surface area (Å²) in [6, 6.07) is 7.20. The molecule has 3 heterocycles. The first-order chi connectivity index (χ1) is 14.5. The van der Waals surface area contributed by atoms with Crippen molar-refractivity contribution in [3.05, 3.63) is 29.8 Å². The number of likely N-dealkylation sites (N-methyl/N-ethyl adjacent to an activating group) is 1. The predicted octanol–water partition coefficient (Wildman–Crippen LogP) is 2.71. The van der Waals surface area contributed by atoms with Crippen molar-refractivity contribution >= 4 is 34.5 Å². The van der Waals surface area contributed by atoms with E-state index in [1.54, 1.807) is 29.6 Å². The molecule has 1 aromatic carbocycles. The molecule has 30 heavy (non-hydrogen) atoms. The van der Waals surface area contributed by atoms with Crippen LogP contribution in [0.5, 0.6) is 5.75 Å². The lowest BCUT2D eigenvalue weighted by Crippen LogP contribution is -2.47. The van der Waals surface area contributed by atoms with E-state index in [0.717, 1.165) is 28.5 Å². The Kier molecular flexibility index (Phi) is 6.37. The molecule has 3 aliphatic heterocycles. The smallest absolute Gasteiger partial charge is 0.238 e. The van der Waals surface area contributed by atoms with Crippen LogP contribution in [0.4, 0.5) is 0 Å². The second kappa shape index (κ2) is 9.00. The number of thioether (sulfide) groups is 2. The molecule has 158 valence electrons. The Morgan fingerprint density at radius 2 is 2.17 bits per heavy atom. The number of aliphatic imine (C=N–C) groups is 1. The summed E-state index contributed by atoms with van der Waals surface area (Å²) in [6.07, 6.45) is 7.41. The van der Waals surface area contributed by atoms with Gasteiger partial charge in [0.2, 0.25) is 5.91 Å². The first-order valence-electron chi connectivity index (χ1n) is 10.0. The summed E-state index contributed by atoms with van der Waals surface area (Å²) in [5.74, 6) is 4.50. The van der Waals surface area contributed by atoms with Gasteiger partial charge in [0.15, 0.2) is 5.66 Å². The Labute approximate surface area is 185 Å². The first kappa shape index (κ1) is 21.2. The largest absolute Gasteiger partial charge is 0.507 e. The number of hydrogen-bond acceptors (Lipinski definition) is 8. The van der Waals surface area contributed by atoms with E-state index in [9.17, 15) is 9.90 Å². The van der Waals surface area contributed by atoms with Gasteiger partial charge in [-0.25, -0.2) is 0 Å². The third-order valence-electron chi connectivity index (χ3n) is 5.64. The summed E-state index contributed by atoms with van der Waals surface area (Å²) in [7, 11) is 1.99. The van der Waals surface area contributed by atoms with E-state index in [4.69, 9.17) is 11.4 Å². The van der Waals surface area contributed by atoms with Crippen LogP contribution in [0.1, 0.15) is 24.8 Å². The number of carbonyl (C=O) groups excluding carboxylic acids is 1. The van der Waals surface area contributed by atoms with E-state index >= 15 is 0 Å². The van der Waals surface area contributed by atoms with Crippen LogP contribution in [0, 0.1) is 12.3 Å². The van der Waals surface area contributed by atoms with Gasteiger partial charge in [-0.2, -0.15) is 10.2 Å². The maximum Gasteiger partial charge on any atom is 0.238 e. The minimum absolute atomic E-state index is 0.0378. The Hall–Kier alpha value is -2.02. The molecule has 1 aromatic rings. The summed E-state index contributed by atoms with van der Waals surface area (Å²) in [5, 5.41) is 22.4. The molecule has 3 aliphatic rings. The van der Waals surface area contributed by atoms with Gasteiger partial charge >= 0.3 is 0 Å². The summed E-state index contributed by atoms with van der Waals surface area (Å²) < 4.78 is 0. The number of amides is 1. The molecule has 2 N–H and O–H groups in total. The minimum Gasteiger partial charge on any atom is -0.507 e. The number of aromatic hydroxyl groups is 1. The lowest BCUT2D eigenvalue weighted by atomic mass is 10.0.